The molecule has 2 aromatic carbocycles. The number of amides is 1. The lowest BCUT2D eigenvalue weighted by molar-refractivity contribution is -0.121. The fourth-order valence-corrected chi connectivity index (χ4v) is 2.71. The molecule has 3 rings (SSSR count). The molecule has 0 atom stereocenters. The number of anilines is 1. The maximum atomic E-state index is 11.9. The number of nitrogen functional groups attached to an aromatic ring is 1. The molecule has 1 heterocycles. The van der Waals surface area contributed by atoms with Crippen LogP contribution in [-0.4, -0.2) is 22.4 Å². The Hall–Kier alpha value is -2.82. The van der Waals surface area contributed by atoms with Crippen LogP contribution in [0.5, 0.6) is 0 Å². The molecule has 124 valence electrons. The second kappa shape index (κ2) is 7.64. The van der Waals surface area contributed by atoms with Gasteiger partial charge >= 0.3 is 0 Å². The molecule has 1 aromatic heterocycles. The summed E-state index contributed by atoms with van der Waals surface area (Å²) in [5.74, 6) is 1.02. The molecule has 0 saturated carbocycles. The van der Waals surface area contributed by atoms with Gasteiger partial charge in [-0.3, -0.25) is 4.79 Å². The van der Waals surface area contributed by atoms with Crippen LogP contribution in [0.15, 0.2) is 48.5 Å². The summed E-state index contributed by atoms with van der Waals surface area (Å²) in [5, 5.41) is 2.95. The Kier molecular flexibility index (Phi) is 5.11. The molecule has 0 aliphatic heterocycles. The van der Waals surface area contributed by atoms with E-state index in [9.17, 15) is 4.79 Å². The van der Waals surface area contributed by atoms with Gasteiger partial charge in [-0.25, -0.2) is 4.98 Å². The zero-order chi connectivity index (χ0) is 16.8. The van der Waals surface area contributed by atoms with Gasteiger partial charge in [0.25, 0.3) is 0 Å². The molecule has 0 unspecified atom stereocenters. The van der Waals surface area contributed by atoms with Gasteiger partial charge in [0.05, 0.1) is 11.0 Å². The van der Waals surface area contributed by atoms with E-state index in [4.69, 9.17) is 5.73 Å². The SMILES string of the molecule is Nc1ccccc1CCC(=O)NCCCc1nc2ccccc2[nH]1. The number of H-pyrrole nitrogens is 1. The first-order valence-corrected chi connectivity index (χ1v) is 8.26. The van der Waals surface area contributed by atoms with Gasteiger partial charge in [0, 0.05) is 25.1 Å². The third kappa shape index (κ3) is 4.13. The Morgan fingerprint density at radius 2 is 1.88 bits per heavy atom. The van der Waals surface area contributed by atoms with Crippen LogP contribution in [0.3, 0.4) is 0 Å². The summed E-state index contributed by atoms with van der Waals surface area (Å²) in [6.07, 6.45) is 2.81. The molecule has 5 nitrogen and oxygen atoms in total. The summed E-state index contributed by atoms with van der Waals surface area (Å²) in [5.41, 5.74) is 9.69. The van der Waals surface area contributed by atoms with Crippen molar-refractivity contribution in [3.8, 4) is 0 Å². The van der Waals surface area contributed by atoms with Crippen molar-refractivity contribution in [2.45, 2.75) is 25.7 Å². The highest BCUT2D eigenvalue weighted by atomic mass is 16.1. The minimum Gasteiger partial charge on any atom is -0.399 e. The van der Waals surface area contributed by atoms with Crippen molar-refractivity contribution in [1.29, 1.82) is 0 Å². The number of aromatic nitrogens is 2. The number of nitrogens with one attached hydrogen (secondary N) is 2. The van der Waals surface area contributed by atoms with E-state index >= 15 is 0 Å². The minimum absolute atomic E-state index is 0.0582. The summed E-state index contributed by atoms with van der Waals surface area (Å²) in [4.78, 5) is 19.7. The molecule has 0 bridgehead atoms. The smallest absolute Gasteiger partial charge is 0.220 e. The molecule has 1 amide bonds. The van der Waals surface area contributed by atoms with Crippen molar-refractivity contribution < 1.29 is 4.79 Å². The quantitative estimate of drug-likeness (QED) is 0.462. The number of hydrogen-bond acceptors (Lipinski definition) is 3. The average molecular weight is 322 g/mol. The number of carbonyl (C=O) groups excluding carboxylic acids is 1. The predicted octanol–water partition coefficient (Wildman–Crippen LogP) is 2.83. The van der Waals surface area contributed by atoms with Gasteiger partial charge in [0.2, 0.25) is 5.91 Å². The summed E-state index contributed by atoms with van der Waals surface area (Å²) in [7, 11) is 0. The van der Waals surface area contributed by atoms with E-state index < -0.39 is 0 Å². The number of para-hydroxylation sites is 3. The zero-order valence-electron chi connectivity index (χ0n) is 13.6. The molecule has 3 aromatic rings. The van der Waals surface area contributed by atoms with Crippen LogP contribution in [-0.2, 0) is 17.6 Å². The van der Waals surface area contributed by atoms with Crippen molar-refractivity contribution in [3.05, 3.63) is 59.9 Å². The predicted molar refractivity (Wildman–Crippen MR) is 96.6 cm³/mol. The molecule has 0 fully saturated rings. The van der Waals surface area contributed by atoms with Gasteiger partial charge in [-0.2, -0.15) is 0 Å². The average Bonchev–Trinajstić information content (AvgIpc) is 3.01. The summed E-state index contributed by atoms with van der Waals surface area (Å²) < 4.78 is 0. The number of aryl methyl sites for hydroxylation is 2. The number of nitrogens with two attached hydrogens (primary N) is 1. The summed E-state index contributed by atoms with van der Waals surface area (Å²) >= 11 is 0. The topological polar surface area (TPSA) is 83.8 Å². The molecule has 0 aliphatic carbocycles. The van der Waals surface area contributed by atoms with E-state index in [2.05, 4.69) is 15.3 Å². The third-order valence-electron chi connectivity index (χ3n) is 4.03. The fraction of sp³-hybridized carbons (Fsp3) is 0.263. The maximum absolute atomic E-state index is 11.9. The van der Waals surface area contributed by atoms with Crippen LogP contribution in [0.25, 0.3) is 11.0 Å². The van der Waals surface area contributed by atoms with Gasteiger partial charge in [-0.05, 0) is 36.6 Å². The molecule has 0 saturated heterocycles. The molecule has 5 heteroatoms. The van der Waals surface area contributed by atoms with E-state index in [-0.39, 0.29) is 5.91 Å². The van der Waals surface area contributed by atoms with Crippen molar-refractivity contribution in [2.24, 2.45) is 0 Å². The third-order valence-corrected chi connectivity index (χ3v) is 4.03. The van der Waals surface area contributed by atoms with Gasteiger partial charge in [0.1, 0.15) is 5.82 Å². The van der Waals surface area contributed by atoms with Crippen molar-refractivity contribution in [1.82, 2.24) is 15.3 Å². The lowest BCUT2D eigenvalue weighted by atomic mass is 10.1. The number of nitrogens with zero attached hydrogens (tertiary/aromatic N) is 1. The zero-order valence-corrected chi connectivity index (χ0v) is 13.6. The molecular weight excluding hydrogens is 300 g/mol. The van der Waals surface area contributed by atoms with Crippen LogP contribution >= 0.6 is 0 Å². The second-order valence-corrected chi connectivity index (χ2v) is 5.85. The number of carbonyl (C=O) groups is 1. The van der Waals surface area contributed by atoms with E-state index in [0.29, 0.717) is 19.4 Å². The van der Waals surface area contributed by atoms with E-state index in [1.54, 1.807) is 0 Å². The van der Waals surface area contributed by atoms with Crippen LogP contribution in [0, 0.1) is 0 Å². The molecule has 24 heavy (non-hydrogen) atoms. The standard InChI is InChI=1S/C19H22N4O/c20-15-7-2-1-6-14(15)11-12-19(24)21-13-5-10-18-22-16-8-3-4-9-17(16)23-18/h1-4,6-9H,5,10-13,20H2,(H,21,24)(H,22,23). The highest BCUT2D eigenvalue weighted by molar-refractivity contribution is 5.76. The Morgan fingerprint density at radius 1 is 1.08 bits per heavy atom. The number of fused-ring (bicyclic) bond motifs is 1. The second-order valence-electron chi connectivity index (χ2n) is 5.85. The van der Waals surface area contributed by atoms with E-state index in [0.717, 1.165) is 41.0 Å². The van der Waals surface area contributed by atoms with Crippen LogP contribution in [0.1, 0.15) is 24.2 Å². The number of benzene rings is 2. The first-order chi connectivity index (χ1) is 11.7. The Balaban J connectivity index is 1.38. The Morgan fingerprint density at radius 3 is 2.71 bits per heavy atom. The lowest BCUT2D eigenvalue weighted by Crippen LogP contribution is -2.25. The largest absolute Gasteiger partial charge is 0.399 e. The lowest BCUT2D eigenvalue weighted by Gasteiger charge is -2.06. The summed E-state index contributed by atoms with van der Waals surface area (Å²) in [6, 6.07) is 15.6. The van der Waals surface area contributed by atoms with Crippen LogP contribution < -0.4 is 11.1 Å². The Labute approximate surface area is 141 Å². The monoisotopic (exact) mass is 322 g/mol. The molecule has 0 aliphatic rings. The van der Waals surface area contributed by atoms with E-state index in [1.807, 2.05) is 48.5 Å². The maximum Gasteiger partial charge on any atom is 0.220 e. The van der Waals surface area contributed by atoms with Crippen molar-refractivity contribution in [3.63, 3.8) is 0 Å². The van der Waals surface area contributed by atoms with Gasteiger partial charge in [-0.15, -0.1) is 0 Å². The summed E-state index contributed by atoms with van der Waals surface area (Å²) in [6.45, 7) is 0.653. The van der Waals surface area contributed by atoms with Crippen LogP contribution in [0.4, 0.5) is 5.69 Å². The highest BCUT2D eigenvalue weighted by Crippen LogP contribution is 2.13. The van der Waals surface area contributed by atoms with Gasteiger partial charge < -0.3 is 16.0 Å². The van der Waals surface area contributed by atoms with Crippen molar-refractivity contribution in [2.75, 3.05) is 12.3 Å². The highest BCUT2D eigenvalue weighted by Gasteiger charge is 2.05. The number of hydrogen-bond donors (Lipinski definition) is 3. The van der Waals surface area contributed by atoms with Crippen LogP contribution in [0.2, 0.25) is 0 Å². The normalized spacial score (nSPS) is 10.8. The molecule has 0 spiro atoms. The van der Waals surface area contributed by atoms with E-state index in [1.165, 1.54) is 0 Å². The van der Waals surface area contributed by atoms with Gasteiger partial charge in [-0.1, -0.05) is 30.3 Å². The number of rotatable bonds is 7. The van der Waals surface area contributed by atoms with Crippen molar-refractivity contribution >= 4 is 22.6 Å². The molecular formula is C19H22N4O. The first-order valence-electron chi connectivity index (χ1n) is 8.26. The number of imidazole rings is 1. The van der Waals surface area contributed by atoms with Gasteiger partial charge in [0.15, 0.2) is 0 Å². The number of aromatic amines is 1. The molecule has 0 radical (unpaired) electrons. The fourth-order valence-electron chi connectivity index (χ4n) is 2.71. The first kappa shape index (κ1) is 16.1. The minimum atomic E-state index is 0.0582. The Bertz CT molecular complexity index is 792. The molecule has 4 N–H and O–H groups in total.